The molecule has 2 aliphatic carbocycles. The molecule has 1 N–H and O–H groups in total. The van der Waals surface area contributed by atoms with Crippen molar-refractivity contribution in [1.29, 1.82) is 0 Å². The molecule has 0 bridgehead atoms. The van der Waals surface area contributed by atoms with E-state index >= 15 is 0 Å². The lowest BCUT2D eigenvalue weighted by molar-refractivity contribution is -0.149. The number of carbonyl (C=O) groups is 1. The summed E-state index contributed by atoms with van der Waals surface area (Å²) in [5.41, 5.74) is 1.18. The molecule has 142 valence electrons. The fourth-order valence-corrected chi connectivity index (χ4v) is 4.66. The van der Waals surface area contributed by atoms with Crippen molar-refractivity contribution in [2.24, 2.45) is 11.8 Å². The van der Waals surface area contributed by atoms with E-state index in [2.05, 4.69) is 16.4 Å². The first-order valence-corrected chi connectivity index (χ1v) is 10.5. The molecule has 1 heterocycles. The zero-order valence-corrected chi connectivity index (χ0v) is 16.3. The maximum atomic E-state index is 12.5. The molecule has 4 nitrogen and oxygen atoms in total. The highest BCUT2D eigenvalue weighted by Gasteiger charge is 2.37. The number of nitrogens with one attached hydrogen (secondary N) is 1. The molecule has 2 saturated carbocycles. The third-order valence-electron chi connectivity index (χ3n) is 5.68. The van der Waals surface area contributed by atoms with Gasteiger partial charge in [0.25, 0.3) is 0 Å². The summed E-state index contributed by atoms with van der Waals surface area (Å²) in [5, 5.41) is 3.55. The molecule has 2 atom stereocenters. The zero-order valence-electron chi connectivity index (χ0n) is 15.5. The largest absolute Gasteiger partial charge is 0.465 e. The van der Waals surface area contributed by atoms with Crippen molar-refractivity contribution in [2.45, 2.75) is 70.3 Å². The molecule has 2 aliphatic rings. The second-order valence-corrected chi connectivity index (χ2v) is 8.06. The molecular weight excluding hydrogens is 344 g/mol. The van der Waals surface area contributed by atoms with E-state index in [4.69, 9.17) is 17.0 Å². The van der Waals surface area contributed by atoms with Crippen LogP contribution in [0.5, 0.6) is 0 Å². The smallest absolute Gasteiger partial charge is 0.309 e. The molecule has 1 aromatic heterocycles. The van der Waals surface area contributed by atoms with E-state index in [1.807, 2.05) is 12.3 Å². The van der Waals surface area contributed by atoms with Crippen molar-refractivity contribution in [3.8, 4) is 0 Å². The number of ether oxygens (including phenoxy) is 1. The highest BCUT2D eigenvalue weighted by Crippen LogP contribution is 2.34. The number of thiocarbonyl (C=S) groups is 1. The summed E-state index contributed by atoms with van der Waals surface area (Å²) in [4.78, 5) is 17.5. The lowest BCUT2D eigenvalue weighted by atomic mass is 9.92. The van der Waals surface area contributed by atoms with E-state index in [0.717, 1.165) is 37.1 Å². The third kappa shape index (κ3) is 5.50. The fraction of sp³-hybridized carbons (Fsp3) is 0.667. The Kier molecular flexibility index (Phi) is 7.42. The van der Waals surface area contributed by atoms with Gasteiger partial charge < -0.3 is 10.1 Å². The number of rotatable bonds is 7. The van der Waals surface area contributed by atoms with Crippen molar-refractivity contribution in [3.63, 3.8) is 0 Å². The first-order valence-electron chi connectivity index (χ1n) is 10.1. The van der Waals surface area contributed by atoms with Gasteiger partial charge in [0.2, 0.25) is 0 Å². The van der Waals surface area contributed by atoms with Gasteiger partial charge in [-0.2, -0.15) is 0 Å². The average Bonchev–Trinajstić information content (AvgIpc) is 3.17. The monoisotopic (exact) mass is 374 g/mol. The summed E-state index contributed by atoms with van der Waals surface area (Å²) in [6.07, 6.45) is 14.6. The van der Waals surface area contributed by atoms with Gasteiger partial charge in [-0.3, -0.25) is 9.78 Å². The number of nitrogens with zero attached hydrogens (tertiary/aromatic N) is 1. The number of hydrogen-bond donors (Lipinski definition) is 1. The number of carbonyl (C=O) groups excluding carboxylic acids is 1. The Morgan fingerprint density at radius 3 is 2.73 bits per heavy atom. The van der Waals surface area contributed by atoms with E-state index in [9.17, 15) is 4.79 Å². The molecule has 3 rings (SSSR count). The first-order chi connectivity index (χ1) is 12.7. The summed E-state index contributed by atoms with van der Waals surface area (Å²) in [5.74, 6) is 0.0428. The Morgan fingerprint density at radius 2 is 1.96 bits per heavy atom. The standard InChI is InChI=1S/C21H30N2O2S/c24-21(25-14-6-8-16-7-5-13-22-15-16)19-12-4-11-18(19)20(26)23-17-9-2-1-3-10-17/h5,7,13,15,17-19H,1-4,6,8-12,14H2,(H,23,26). The van der Waals surface area contributed by atoms with Gasteiger partial charge in [0, 0.05) is 24.4 Å². The van der Waals surface area contributed by atoms with Crippen LogP contribution >= 0.6 is 12.2 Å². The van der Waals surface area contributed by atoms with Crippen molar-refractivity contribution in [1.82, 2.24) is 10.3 Å². The summed E-state index contributed by atoms with van der Waals surface area (Å²) in [6.45, 7) is 0.472. The van der Waals surface area contributed by atoms with Gasteiger partial charge in [0.05, 0.1) is 17.5 Å². The molecule has 0 saturated heterocycles. The zero-order chi connectivity index (χ0) is 18.2. The van der Waals surface area contributed by atoms with Gasteiger partial charge in [-0.15, -0.1) is 0 Å². The summed E-state index contributed by atoms with van der Waals surface area (Å²) < 4.78 is 5.57. The fourth-order valence-electron chi connectivity index (χ4n) is 4.21. The lowest BCUT2D eigenvalue weighted by Crippen LogP contribution is -2.41. The molecular formula is C21H30N2O2S. The number of aromatic nitrogens is 1. The van der Waals surface area contributed by atoms with Gasteiger partial charge in [0.1, 0.15) is 0 Å². The summed E-state index contributed by atoms with van der Waals surface area (Å²) >= 11 is 5.66. The average molecular weight is 375 g/mol. The highest BCUT2D eigenvalue weighted by molar-refractivity contribution is 7.80. The van der Waals surface area contributed by atoms with Crippen LogP contribution in [0.3, 0.4) is 0 Å². The SMILES string of the molecule is O=C(OCCCc1cccnc1)C1CCCC1C(=S)NC1CCCCC1. The number of esters is 1. The number of pyridine rings is 1. The van der Waals surface area contributed by atoms with Gasteiger partial charge in [0.15, 0.2) is 0 Å². The maximum absolute atomic E-state index is 12.5. The van der Waals surface area contributed by atoms with Crippen LogP contribution in [-0.4, -0.2) is 28.6 Å². The van der Waals surface area contributed by atoms with Crippen LogP contribution in [0.25, 0.3) is 0 Å². The van der Waals surface area contributed by atoms with Gasteiger partial charge in [-0.1, -0.05) is 44.0 Å². The molecule has 0 spiro atoms. The number of hydrogen-bond acceptors (Lipinski definition) is 4. The van der Waals surface area contributed by atoms with Crippen molar-refractivity contribution >= 4 is 23.2 Å². The van der Waals surface area contributed by atoms with Crippen LogP contribution < -0.4 is 5.32 Å². The Balaban J connectivity index is 1.41. The van der Waals surface area contributed by atoms with E-state index in [1.54, 1.807) is 6.20 Å². The van der Waals surface area contributed by atoms with Crippen molar-refractivity contribution in [3.05, 3.63) is 30.1 Å². The predicted octanol–water partition coefficient (Wildman–Crippen LogP) is 4.22. The van der Waals surface area contributed by atoms with Crippen LogP contribution in [0.1, 0.15) is 63.4 Å². The molecule has 0 amide bonds. The molecule has 0 radical (unpaired) electrons. The second kappa shape index (κ2) is 10.0. The molecule has 1 aromatic rings. The van der Waals surface area contributed by atoms with Crippen LogP contribution in [0.2, 0.25) is 0 Å². The molecule has 2 unspecified atom stereocenters. The maximum Gasteiger partial charge on any atom is 0.309 e. The van der Waals surface area contributed by atoms with Crippen molar-refractivity contribution < 1.29 is 9.53 Å². The third-order valence-corrected chi connectivity index (χ3v) is 6.10. The quantitative estimate of drug-likeness (QED) is 0.440. The minimum atomic E-state index is -0.0634. The van der Waals surface area contributed by atoms with E-state index in [-0.39, 0.29) is 17.8 Å². The Bertz CT molecular complexity index is 587. The Hall–Kier alpha value is -1.49. The van der Waals surface area contributed by atoms with Crippen molar-refractivity contribution in [2.75, 3.05) is 6.61 Å². The summed E-state index contributed by atoms with van der Waals surface area (Å²) in [6, 6.07) is 4.50. The Labute approximate surface area is 162 Å². The molecule has 2 fully saturated rings. The Morgan fingerprint density at radius 1 is 1.15 bits per heavy atom. The van der Waals surface area contributed by atoms with Gasteiger partial charge >= 0.3 is 5.97 Å². The second-order valence-electron chi connectivity index (χ2n) is 7.62. The minimum absolute atomic E-state index is 0.0583. The molecule has 5 heteroatoms. The minimum Gasteiger partial charge on any atom is -0.465 e. The van der Waals surface area contributed by atoms with Crippen LogP contribution in [-0.2, 0) is 16.0 Å². The predicted molar refractivity (Wildman–Crippen MR) is 107 cm³/mol. The van der Waals surface area contributed by atoms with Gasteiger partial charge in [-0.05, 0) is 50.2 Å². The number of aryl methyl sites for hydroxylation is 1. The highest BCUT2D eigenvalue weighted by atomic mass is 32.1. The molecule has 0 aliphatic heterocycles. The lowest BCUT2D eigenvalue weighted by Gasteiger charge is -2.27. The van der Waals surface area contributed by atoms with Crippen LogP contribution in [0, 0.1) is 11.8 Å². The topological polar surface area (TPSA) is 51.2 Å². The van der Waals surface area contributed by atoms with E-state index in [0.29, 0.717) is 12.6 Å². The van der Waals surface area contributed by atoms with E-state index < -0.39 is 0 Å². The van der Waals surface area contributed by atoms with Crippen LogP contribution in [0.4, 0.5) is 0 Å². The summed E-state index contributed by atoms with van der Waals surface area (Å²) in [7, 11) is 0. The molecule has 0 aromatic carbocycles. The normalized spacial score (nSPS) is 23.5. The van der Waals surface area contributed by atoms with Crippen LogP contribution in [0.15, 0.2) is 24.5 Å². The van der Waals surface area contributed by atoms with E-state index in [1.165, 1.54) is 37.7 Å². The first kappa shape index (κ1) is 19.3. The molecule has 26 heavy (non-hydrogen) atoms. The van der Waals surface area contributed by atoms with Gasteiger partial charge in [-0.25, -0.2) is 0 Å².